The van der Waals surface area contributed by atoms with Crippen molar-refractivity contribution < 1.29 is 4.74 Å². The van der Waals surface area contributed by atoms with E-state index in [2.05, 4.69) is 28.3 Å². The van der Waals surface area contributed by atoms with Crippen LogP contribution in [0.3, 0.4) is 0 Å². The number of nitrogens with zero attached hydrogens (tertiary/aromatic N) is 1. The number of methoxy groups -OCH3 is 1. The van der Waals surface area contributed by atoms with Gasteiger partial charge in [-0.3, -0.25) is 0 Å². The topological polar surface area (TPSA) is 49.9 Å². The summed E-state index contributed by atoms with van der Waals surface area (Å²) >= 11 is 0. The molecule has 0 aliphatic heterocycles. The van der Waals surface area contributed by atoms with Crippen molar-refractivity contribution in [2.24, 2.45) is 0 Å². The van der Waals surface area contributed by atoms with Crippen LogP contribution in [-0.2, 0) is 6.54 Å². The van der Waals surface area contributed by atoms with E-state index in [0.717, 1.165) is 17.1 Å². The summed E-state index contributed by atoms with van der Waals surface area (Å²) in [7, 11) is 1.69. The number of imidazole rings is 1. The van der Waals surface area contributed by atoms with E-state index in [1.165, 1.54) is 0 Å². The van der Waals surface area contributed by atoms with Crippen molar-refractivity contribution in [1.29, 1.82) is 0 Å². The summed E-state index contributed by atoms with van der Waals surface area (Å²) in [6.07, 6.45) is 3.58. The first-order valence-corrected chi connectivity index (χ1v) is 5.66. The van der Waals surface area contributed by atoms with E-state index in [-0.39, 0.29) is 6.04 Å². The molecule has 0 aliphatic carbocycles. The number of H-pyrrole nitrogens is 1. The Morgan fingerprint density at radius 3 is 2.94 bits per heavy atom. The van der Waals surface area contributed by atoms with Gasteiger partial charge < -0.3 is 15.0 Å². The molecule has 4 nitrogen and oxygen atoms in total. The molecule has 1 heterocycles. The zero-order valence-corrected chi connectivity index (χ0v) is 10.1. The minimum atomic E-state index is 0.219. The monoisotopic (exact) mass is 231 g/mol. The molecule has 2 aromatic rings. The molecule has 2 rings (SSSR count). The van der Waals surface area contributed by atoms with Crippen LogP contribution >= 0.6 is 0 Å². The van der Waals surface area contributed by atoms with Crippen LogP contribution in [0.4, 0.5) is 0 Å². The number of hydrogen-bond acceptors (Lipinski definition) is 3. The summed E-state index contributed by atoms with van der Waals surface area (Å²) in [4.78, 5) is 7.24. The van der Waals surface area contributed by atoms with Gasteiger partial charge in [-0.2, -0.15) is 0 Å². The van der Waals surface area contributed by atoms with Crippen molar-refractivity contribution in [2.45, 2.75) is 19.5 Å². The van der Waals surface area contributed by atoms with E-state index in [9.17, 15) is 0 Å². The highest BCUT2D eigenvalue weighted by Gasteiger charge is 2.10. The molecule has 4 heteroatoms. The predicted octanol–water partition coefficient (Wildman–Crippen LogP) is 2.27. The van der Waals surface area contributed by atoms with Crippen molar-refractivity contribution in [1.82, 2.24) is 15.3 Å². The average molecular weight is 231 g/mol. The van der Waals surface area contributed by atoms with Crippen molar-refractivity contribution in [3.63, 3.8) is 0 Å². The summed E-state index contributed by atoms with van der Waals surface area (Å²) in [6.45, 7) is 2.83. The second kappa shape index (κ2) is 5.50. The standard InChI is InChI=1S/C13H17N3O/c1-10(16-9-13-14-7-8-15-13)11-5-3-4-6-12(11)17-2/h3-8,10,16H,9H2,1-2H3,(H,14,15)/t10-/m1/s1. The maximum atomic E-state index is 5.34. The number of nitrogens with one attached hydrogen (secondary N) is 2. The van der Waals surface area contributed by atoms with E-state index >= 15 is 0 Å². The third kappa shape index (κ3) is 2.85. The minimum absolute atomic E-state index is 0.219. The van der Waals surface area contributed by atoms with Gasteiger partial charge in [-0.15, -0.1) is 0 Å². The van der Waals surface area contributed by atoms with E-state index in [0.29, 0.717) is 6.54 Å². The van der Waals surface area contributed by atoms with E-state index < -0.39 is 0 Å². The fraction of sp³-hybridized carbons (Fsp3) is 0.308. The van der Waals surface area contributed by atoms with Gasteiger partial charge >= 0.3 is 0 Å². The molecular weight excluding hydrogens is 214 g/mol. The zero-order valence-electron chi connectivity index (χ0n) is 10.1. The highest BCUT2D eigenvalue weighted by atomic mass is 16.5. The molecule has 1 atom stereocenters. The number of benzene rings is 1. The number of rotatable bonds is 5. The van der Waals surface area contributed by atoms with Gasteiger partial charge in [0.2, 0.25) is 0 Å². The molecule has 0 bridgehead atoms. The fourth-order valence-electron chi connectivity index (χ4n) is 1.78. The Balaban J connectivity index is 2.01. The molecule has 0 amide bonds. The number of hydrogen-bond donors (Lipinski definition) is 2. The lowest BCUT2D eigenvalue weighted by Gasteiger charge is -2.16. The first-order chi connectivity index (χ1) is 8.31. The van der Waals surface area contributed by atoms with E-state index in [1.54, 1.807) is 13.3 Å². The van der Waals surface area contributed by atoms with Crippen LogP contribution in [0.5, 0.6) is 5.75 Å². The van der Waals surface area contributed by atoms with Crippen molar-refractivity contribution in [2.75, 3.05) is 7.11 Å². The second-order valence-corrected chi connectivity index (χ2v) is 3.88. The summed E-state index contributed by atoms with van der Waals surface area (Å²) in [6, 6.07) is 8.25. The largest absolute Gasteiger partial charge is 0.496 e. The molecule has 1 aromatic carbocycles. The first-order valence-electron chi connectivity index (χ1n) is 5.66. The lowest BCUT2D eigenvalue weighted by Crippen LogP contribution is -2.19. The van der Waals surface area contributed by atoms with Crippen molar-refractivity contribution in [3.05, 3.63) is 48.0 Å². The van der Waals surface area contributed by atoms with Gasteiger partial charge in [0.1, 0.15) is 11.6 Å². The third-order valence-electron chi connectivity index (χ3n) is 2.74. The molecule has 1 aromatic heterocycles. The van der Waals surface area contributed by atoms with Gasteiger partial charge in [0.05, 0.1) is 13.7 Å². The smallest absolute Gasteiger partial charge is 0.123 e. The maximum Gasteiger partial charge on any atom is 0.123 e. The van der Waals surface area contributed by atoms with E-state index in [4.69, 9.17) is 4.74 Å². The summed E-state index contributed by atoms with van der Waals surface area (Å²) in [5.41, 5.74) is 1.15. The normalized spacial score (nSPS) is 12.4. The highest BCUT2D eigenvalue weighted by molar-refractivity contribution is 5.35. The van der Waals surface area contributed by atoms with Crippen LogP contribution < -0.4 is 10.1 Å². The molecule has 0 radical (unpaired) electrons. The van der Waals surface area contributed by atoms with Crippen LogP contribution in [0, 0.1) is 0 Å². The Morgan fingerprint density at radius 2 is 2.24 bits per heavy atom. The van der Waals surface area contributed by atoms with Crippen molar-refractivity contribution >= 4 is 0 Å². The van der Waals surface area contributed by atoms with Gasteiger partial charge in [0.25, 0.3) is 0 Å². The van der Waals surface area contributed by atoms with Gasteiger partial charge in [0.15, 0.2) is 0 Å². The Labute approximate surface area is 101 Å². The summed E-state index contributed by atoms with van der Waals surface area (Å²) in [5.74, 6) is 1.85. The van der Waals surface area contributed by atoms with Gasteiger partial charge in [-0.1, -0.05) is 18.2 Å². The van der Waals surface area contributed by atoms with Crippen LogP contribution in [0.2, 0.25) is 0 Å². The molecule has 0 saturated carbocycles. The Kier molecular flexibility index (Phi) is 3.77. The van der Waals surface area contributed by atoms with Gasteiger partial charge in [-0.05, 0) is 13.0 Å². The summed E-state index contributed by atoms with van der Waals surface area (Å²) < 4.78 is 5.34. The highest BCUT2D eigenvalue weighted by Crippen LogP contribution is 2.24. The Bertz CT molecular complexity index is 453. The molecule has 17 heavy (non-hydrogen) atoms. The molecule has 0 unspecified atom stereocenters. The molecule has 2 N–H and O–H groups in total. The molecule has 0 fully saturated rings. The van der Waals surface area contributed by atoms with Crippen LogP contribution in [0.1, 0.15) is 24.4 Å². The minimum Gasteiger partial charge on any atom is -0.496 e. The Hall–Kier alpha value is -1.81. The Morgan fingerprint density at radius 1 is 1.41 bits per heavy atom. The van der Waals surface area contributed by atoms with Crippen LogP contribution in [0.15, 0.2) is 36.7 Å². The van der Waals surface area contributed by atoms with Crippen LogP contribution in [0.25, 0.3) is 0 Å². The molecule has 0 spiro atoms. The lowest BCUT2D eigenvalue weighted by atomic mass is 10.1. The number of ether oxygens (including phenoxy) is 1. The lowest BCUT2D eigenvalue weighted by molar-refractivity contribution is 0.401. The quantitative estimate of drug-likeness (QED) is 0.830. The van der Waals surface area contributed by atoms with Crippen LogP contribution in [-0.4, -0.2) is 17.1 Å². The fourth-order valence-corrected chi connectivity index (χ4v) is 1.78. The van der Waals surface area contributed by atoms with E-state index in [1.807, 2.05) is 24.4 Å². The van der Waals surface area contributed by atoms with Gasteiger partial charge in [0, 0.05) is 24.0 Å². The molecule has 90 valence electrons. The second-order valence-electron chi connectivity index (χ2n) is 3.88. The molecule has 0 aliphatic rings. The third-order valence-corrected chi connectivity index (χ3v) is 2.74. The number of aromatic amines is 1. The summed E-state index contributed by atoms with van der Waals surface area (Å²) in [5, 5.41) is 3.40. The average Bonchev–Trinajstić information content (AvgIpc) is 2.89. The predicted molar refractivity (Wildman–Crippen MR) is 66.8 cm³/mol. The van der Waals surface area contributed by atoms with Crippen molar-refractivity contribution in [3.8, 4) is 5.75 Å². The molecule has 0 saturated heterocycles. The number of aromatic nitrogens is 2. The maximum absolute atomic E-state index is 5.34. The SMILES string of the molecule is COc1ccccc1[C@@H](C)NCc1ncc[nH]1. The first kappa shape index (κ1) is 11.7. The van der Waals surface area contributed by atoms with Gasteiger partial charge in [-0.25, -0.2) is 4.98 Å². The number of para-hydroxylation sites is 1. The molecular formula is C13H17N3O. The zero-order chi connectivity index (χ0) is 12.1.